The highest BCUT2D eigenvalue weighted by Crippen LogP contribution is 2.28. The summed E-state index contributed by atoms with van der Waals surface area (Å²) in [6, 6.07) is 9.09. The number of likely N-dealkylation sites (N-methyl/N-ethyl adjacent to an activating group) is 1. The summed E-state index contributed by atoms with van der Waals surface area (Å²) in [5, 5.41) is 0. The highest BCUT2D eigenvalue weighted by Gasteiger charge is 2.35. The number of fused-ring (bicyclic) bond motifs is 2. The summed E-state index contributed by atoms with van der Waals surface area (Å²) in [6.45, 7) is 1.82. The van der Waals surface area contributed by atoms with E-state index in [0.717, 1.165) is 37.2 Å². The van der Waals surface area contributed by atoms with Crippen molar-refractivity contribution in [1.82, 2.24) is 9.80 Å². The number of likely N-dealkylation sites (tertiary alicyclic amines) is 1. The maximum absolute atomic E-state index is 12.5. The molecule has 21 heavy (non-hydrogen) atoms. The molecule has 0 spiro atoms. The molecule has 2 bridgehead atoms. The van der Waals surface area contributed by atoms with Crippen molar-refractivity contribution in [2.75, 3.05) is 25.9 Å². The number of carbonyl (C=O) groups is 1. The quantitative estimate of drug-likeness (QED) is 0.864. The summed E-state index contributed by atoms with van der Waals surface area (Å²) < 4.78 is 0. The molecule has 3 rings (SSSR count). The van der Waals surface area contributed by atoms with E-state index in [1.54, 1.807) is 0 Å². The maximum atomic E-state index is 12.5. The monoisotopic (exact) mass is 287 g/mol. The molecule has 2 fully saturated rings. The predicted octanol–water partition coefficient (Wildman–Crippen LogP) is 1.90. The summed E-state index contributed by atoms with van der Waals surface area (Å²) in [4.78, 5) is 17.0. The number of anilines is 1. The van der Waals surface area contributed by atoms with Crippen LogP contribution in [0.4, 0.5) is 5.69 Å². The zero-order valence-corrected chi connectivity index (χ0v) is 12.8. The second-order valence-corrected chi connectivity index (χ2v) is 6.42. The summed E-state index contributed by atoms with van der Waals surface area (Å²) in [5.74, 6) is 0.290. The van der Waals surface area contributed by atoms with Crippen LogP contribution in [0.3, 0.4) is 0 Å². The zero-order valence-electron chi connectivity index (χ0n) is 12.8. The van der Waals surface area contributed by atoms with Gasteiger partial charge in [0.05, 0.1) is 0 Å². The van der Waals surface area contributed by atoms with Crippen LogP contribution in [-0.4, -0.2) is 47.9 Å². The van der Waals surface area contributed by atoms with Gasteiger partial charge in [-0.05, 0) is 50.4 Å². The van der Waals surface area contributed by atoms with Crippen LogP contribution in [0.2, 0.25) is 0 Å². The number of carbonyl (C=O) groups excluding carboxylic acids is 1. The maximum Gasteiger partial charge on any atom is 0.222 e. The summed E-state index contributed by atoms with van der Waals surface area (Å²) in [7, 11) is 2.21. The molecule has 2 N–H and O–H groups in total. The lowest BCUT2D eigenvalue weighted by molar-refractivity contribution is -0.131. The van der Waals surface area contributed by atoms with Gasteiger partial charge in [-0.15, -0.1) is 0 Å². The number of hydrogen-bond acceptors (Lipinski definition) is 3. The van der Waals surface area contributed by atoms with Crippen LogP contribution in [0.1, 0.15) is 31.2 Å². The number of nitrogens with two attached hydrogens (primary N) is 1. The molecule has 1 aromatic carbocycles. The number of nitrogens with zero attached hydrogens (tertiary/aromatic N) is 2. The van der Waals surface area contributed by atoms with Crippen molar-refractivity contribution in [1.29, 1.82) is 0 Å². The minimum Gasteiger partial charge on any atom is -0.399 e. The second kappa shape index (κ2) is 6.06. The second-order valence-electron chi connectivity index (χ2n) is 6.42. The van der Waals surface area contributed by atoms with Crippen molar-refractivity contribution < 1.29 is 4.79 Å². The van der Waals surface area contributed by atoms with Crippen molar-refractivity contribution in [2.24, 2.45) is 0 Å². The number of benzene rings is 1. The van der Waals surface area contributed by atoms with Crippen molar-refractivity contribution in [3.05, 3.63) is 29.8 Å². The Morgan fingerprint density at radius 2 is 2.10 bits per heavy atom. The molecule has 0 radical (unpaired) electrons. The van der Waals surface area contributed by atoms with Gasteiger partial charge in [0.25, 0.3) is 0 Å². The molecule has 2 heterocycles. The van der Waals surface area contributed by atoms with E-state index in [-0.39, 0.29) is 0 Å². The lowest BCUT2D eigenvalue weighted by atomic mass is 10.1. The highest BCUT2D eigenvalue weighted by molar-refractivity contribution is 5.76. The molecule has 114 valence electrons. The Hall–Kier alpha value is -1.55. The van der Waals surface area contributed by atoms with Gasteiger partial charge in [0, 0.05) is 37.3 Å². The minimum absolute atomic E-state index is 0.290. The van der Waals surface area contributed by atoms with E-state index in [1.807, 2.05) is 24.3 Å². The summed E-state index contributed by atoms with van der Waals surface area (Å²) >= 11 is 0. The molecule has 2 aliphatic rings. The van der Waals surface area contributed by atoms with Crippen molar-refractivity contribution in [3.8, 4) is 0 Å². The van der Waals surface area contributed by atoms with E-state index in [1.165, 1.54) is 12.8 Å². The predicted molar refractivity (Wildman–Crippen MR) is 84.9 cm³/mol. The van der Waals surface area contributed by atoms with Crippen LogP contribution in [0.5, 0.6) is 0 Å². The molecule has 0 aliphatic carbocycles. The Labute approximate surface area is 126 Å². The first-order chi connectivity index (χ1) is 10.1. The molecule has 2 saturated heterocycles. The van der Waals surface area contributed by atoms with Crippen molar-refractivity contribution >= 4 is 11.6 Å². The summed E-state index contributed by atoms with van der Waals surface area (Å²) in [6.07, 6.45) is 5.03. The molecular formula is C17H25N3O. The Morgan fingerprint density at radius 3 is 2.90 bits per heavy atom. The van der Waals surface area contributed by atoms with Gasteiger partial charge in [-0.1, -0.05) is 12.1 Å². The zero-order chi connectivity index (χ0) is 14.8. The molecular weight excluding hydrogens is 262 g/mol. The third kappa shape index (κ3) is 3.21. The average molecular weight is 287 g/mol. The first-order valence-electron chi connectivity index (χ1n) is 7.97. The number of aryl methyl sites for hydroxylation is 1. The minimum atomic E-state index is 0.290. The van der Waals surface area contributed by atoms with Gasteiger partial charge < -0.3 is 10.6 Å². The number of hydrogen-bond donors (Lipinski definition) is 1. The topological polar surface area (TPSA) is 49.6 Å². The van der Waals surface area contributed by atoms with Crippen LogP contribution >= 0.6 is 0 Å². The van der Waals surface area contributed by atoms with Gasteiger partial charge in [-0.25, -0.2) is 0 Å². The molecule has 0 aromatic heterocycles. The van der Waals surface area contributed by atoms with Gasteiger partial charge >= 0.3 is 0 Å². The van der Waals surface area contributed by atoms with Crippen LogP contribution in [0.15, 0.2) is 24.3 Å². The normalized spacial score (nSPS) is 25.9. The molecule has 4 heteroatoms. The molecule has 4 nitrogen and oxygen atoms in total. The van der Waals surface area contributed by atoms with Crippen LogP contribution < -0.4 is 5.73 Å². The average Bonchev–Trinajstić information content (AvgIpc) is 2.70. The standard InChI is InChI=1S/C17H25N3O/c1-19-15-6-7-16(19)12-20(10-9-15)17(21)8-5-13-3-2-4-14(18)11-13/h2-4,11,15-16H,5-10,12,18H2,1H3. The highest BCUT2D eigenvalue weighted by atomic mass is 16.2. The number of rotatable bonds is 3. The SMILES string of the molecule is CN1C2CCC1CN(C(=O)CCc1cccc(N)c1)CC2. The van der Waals surface area contributed by atoms with E-state index in [2.05, 4.69) is 16.8 Å². The van der Waals surface area contributed by atoms with Gasteiger partial charge in [0.1, 0.15) is 0 Å². The van der Waals surface area contributed by atoms with Crippen LogP contribution in [0.25, 0.3) is 0 Å². The van der Waals surface area contributed by atoms with Crippen molar-refractivity contribution in [3.63, 3.8) is 0 Å². The lowest BCUT2D eigenvalue weighted by Crippen LogP contribution is -2.39. The Balaban J connectivity index is 1.56. The van der Waals surface area contributed by atoms with E-state index in [9.17, 15) is 4.79 Å². The van der Waals surface area contributed by atoms with Crippen LogP contribution in [0, 0.1) is 0 Å². The molecule has 2 atom stereocenters. The van der Waals surface area contributed by atoms with Gasteiger partial charge in [0.2, 0.25) is 5.91 Å². The smallest absolute Gasteiger partial charge is 0.222 e. The van der Waals surface area contributed by atoms with Crippen molar-refractivity contribution in [2.45, 2.75) is 44.2 Å². The van der Waals surface area contributed by atoms with E-state index >= 15 is 0 Å². The fourth-order valence-corrected chi connectivity index (χ4v) is 3.69. The number of amides is 1. The summed E-state index contributed by atoms with van der Waals surface area (Å²) in [5.41, 5.74) is 7.71. The fourth-order valence-electron chi connectivity index (χ4n) is 3.69. The molecule has 2 unspecified atom stereocenters. The molecule has 2 aliphatic heterocycles. The lowest BCUT2D eigenvalue weighted by Gasteiger charge is -2.26. The van der Waals surface area contributed by atoms with E-state index < -0.39 is 0 Å². The first-order valence-corrected chi connectivity index (χ1v) is 7.97. The van der Waals surface area contributed by atoms with Gasteiger partial charge in [-0.3, -0.25) is 9.69 Å². The molecule has 0 saturated carbocycles. The first kappa shape index (κ1) is 14.4. The molecule has 1 amide bonds. The largest absolute Gasteiger partial charge is 0.399 e. The van der Waals surface area contributed by atoms with Crippen LogP contribution in [-0.2, 0) is 11.2 Å². The third-order valence-corrected chi connectivity index (χ3v) is 5.08. The Bertz CT molecular complexity index is 517. The van der Waals surface area contributed by atoms with Gasteiger partial charge in [-0.2, -0.15) is 0 Å². The van der Waals surface area contributed by atoms with E-state index in [0.29, 0.717) is 24.4 Å². The fraction of sp³-hybridized carbons (Fsp3) is 0.588. The number of nitrogen functional groups attached to an aromatic ring is 1. The Morgan fingerprint density at radius 1 is 1.29 bits per heavy atom. The Kier molecular flexibility index (Phi) is 4.15. The third-order valence-electron chi connectivity index (χ3n) is 5.08. The molecule has 1 aromatic rings. The van der Waals surface area contributed by atoms with Gasteiger partial charge in [0.15, 0.2) is 0 Å². The van der Waals surface area contributed by atoms with E-state index in [4.69, 9.17) is 5.73 Å².